The molecule has 0 bridgehead atoms. The Morgan fingerprint density at radius 3 is 2.58 bits per heavy atom. The molecule has 98 valence electrons. The second-order valence-corrected chi connectivity index (χ2v) is 5.51. The number of hydrogen-bond donors (Lipinski definition) is 0. The summed E-state index contributed by atoms with van der Waals surface area (Å²) in [5, 5.41) is 0. The monoisotopic (exact) mass is 251 g/mol. The van der Waals surface area contributed by atoms with Crippen LogP contribution in [0, 0.1) is 0 Å². The summed E-state index contributed by atoms with van der Waals surface area (Å²) in [5.74, 6) is 0. The molecule has 1 aliphatic rings. The van der Waals surface area contributed by atoms with E-state index in [1.807, 2.05) is 0 Å². The van der Waals surface area contributed by atoms with Crippen LogP contribution in [-0.2, 0) is 13.0 Å². The number of benzene rings is 2. The molecule has 0 unspecified atom stereocenters. The summed E-state index contributed by atoms with van der Waals surface area (Å²) in [5.41, 5.74) is 4.47. The number of rotatable bonds is 3. The van der Waals surface area contributed by atoms with Gasteiger partial charge >= 0.3 is 0 Å². The molecule has 0 aliphatic heterocycles. The van der Waals surface area contributed by atoms with Crippen LogP contribution in [0.25, 0.3) is 0 Å². The van der Waals surface area contributed by atoms with E-state index in [4.69, 9.17) is 0 Å². The van der Waals surface area contributed by atoms with Gasteiger partial charge in [-0.25, -0.2) is 0 Å². The van der Waals surface area contributed by atoms with Crippen LogP contribution in [0.15, 0.2) is 54.6 Å². The minimum absolute atomic E-state index is 0.574. The molecular formula is C18H21N. The van der Waals surface area contributed by atoms with Gasteiger partial charge in [0, 0.05) is 12.6 Å². The average molecular weight is 251 g/mol. The Balaban J connectivity index is 1.80. The van der Waals surface area contributed by atoms with E-state index in [1.54, 1.807) is 5.56 Å². The maximum Gasteiger partial charge on any atom is 0.0351 e. The highest BCUT2D eigenvalue weighted by Crippen LogP contribution is 2.33. The first kappa shape index (κ1) is 12.4. The molecule has 1 heteroatoms. The highest BCUT2D eigenvalue weighted by Gasteiger charge is 2.23. The lowest BCUT2D eigenvalue weighted by Crippen LogP contribution is -2.27. The first-order chi connectivity index (χ1) is 9.34. The van der Waals surface area contributed by atoms with E-state index in [0.29, 0.717) is 6.04 Å². The summed E-state index contributed by atoms with van der Waals surface area (Å²) in [6.45, 7) is 1.03. The van der Waals surface area contributed by atoms with E-state index in [0.717, 1.165) is 6.54 Å². The quantitative estimate of drug-likeness (QED) is 0.790. The van der Waals surface area contributed by atoms with Crippen molar-refractivity contribution in [1.29, 1.82) is 0 Å². The van der Waals surface area contributed by atoms with Crippen LogP contribution in [0.2, 0.25) is 0 Å². The summed E-state index contributed by atoms with van der Waals surface area (Å²) in [7, 11) is 2.25. The van der Waals surface area contributed by atoms with Crippen molar-refractivity contribution < 1.29 is 0 Å². The van der Waals surface area contributed by atoms with E-state index < -0.39 is 0 Å². The predicted octanol–water partition coefficient (Wildman–Crippen LogP) is 4.20. The third-order valence-electron chi connectivity index (χ3n) is 4.14. The number of nitrogens with zero attached hydrogens (tertiary/aromatic N) is 1. The molecule has 19 heavy (non-hydrogen) atoms. The molecule has 2 aromatic carbocycles. The summed E-state index contributed by atoms with van der Waals surface area (Å²) in [4.78, 5) is 2.49. The molecule has 3 rings (SSSR count). The molecule has 0 saturated carbocycles. The van der Waals surface area contributed by atoms with Crippen molar-refractivity contribution in [2.24, 2.45) is 0 Å². The largest absolute Gasteiger partial charge is 0.295 e. The van der Waals surface area contributed by atoms with Gasteiger partial charge in [0.25, 0.3) is 0 Å². The van der Waals surface area contributed by atoms with Crippen LogP contribution in [0.3, 0.4) is 0 Å². The lowest BCUT2D eigenvalue weighted by Gasteiger charge is -2.33. The Kier molecular flexibility index (Phi) is 3.65. The van der Waals surface area contributed by atoms with Gasteiger partial charge in [0.15, 0.2) is 0 Å². The van der Waals surface area contributed by atoms with Gasteiger partial charge in [0.05, 0.1) is 0 Å². The maximum atomic E-state index is 2.49. The molecular weight excluding hydrogens is 230 g/mol. The minimum Gasteiger partial charge on any atom is -0.295 e. The highest BCUT2D eigenvalue weighted by molar-refractivity contribution is 5.32. The van der Waals surface area contributed by atoms with Crippen molar-refractivity contribution in [3.8, 4) is 0 Å². The standard InChI is InChI=1S/C18H21N/c1-19(14-15-8-3-2-4-9-15)18-13-7-11-16-10-5-6-12-17(16)18/h2-6,8-10,12,18H,7,11,13-14H2,1H3/t18-/m1/s1. The van der Waals surface area contributed by atoms with Crippen LogP contribution >= 0.6 is 0 Å². The topological polar surface area (TPSA) is 3.24 Å². The molecule has 1 aliphatic carbocycles. The van der Waals surface area contributed by atoms with Gasteiger partial charge in [0.2, 0.25) is 0 Å². The van der Waals surface area contributed by atoms with Crippen molar-refractivity contribution in [3.63, 3.8) is 0 Å². The van der Waals surface area contributed by atoms with Crippen molar-refractivity contribution in [2.45, 2.75) is 31.8 Å². The van der Waals surface area contributed by atoms with Crippen molar-refractivity contribution in [2.75, 3.05) is 7.05 Å². The first-order valence-electron chi connectivity index (χ1n) is 7.16. The first-order valence-corrected chi connectivity index (χ1v) is 7.16. The molecule has 2 aromatic rings. The SMILES string of the molecule is CN(Cc1ccccc1)[C@@H]1CCCc2ccccc21. The molecule has 0 spiro atoms. The Morgan fingerprint density at radius 1 is 1.00 bits per heavy atom. The lowest BCUT2D eigenvalue weighted by atomic mass is 9.87. The summed E-state index contributed by atoms with van der Waals surface area (Å²) < 4.78 is 0. The Labute approximate surface area is 115 Å². The fraction of sp³-hybridized carbons (Fsp3) is 0.333. The van der Waals surface area contributed by atoms with Gasteiger partial charge in [-0.2, -0.15) is 0 Å². The lowest BCUT2D eigenvalue weighted by molar-refractivity contribution is 0.213. The zero-order valence-electron chi connectivity index (χ0n) is 11.5. The average Bonchev–Trinajstić information content (AvgIpc) is 2.47. The van der Waals surface area contributed by atoms with Crippen molar-refractivity contribution in [3.05, 3.63) is 71.3 Å². The summed E-state index contributed by atoms with van der Waals surface area (Å²) >= 11 is 0. The van der Waals surface area contributed by atoms with E-state index in [9.17, 15) is 0 Å². The smallest absolute Gasteiger partial charge is 0.0351 e. The van der Waals surface area contributed by atoms with Gasteiger partial charge in [-0.3, -0.25) is 4.90 Å². The number of aryl methyl sites for hydroxylation is 1. The molecule has 1 atom stereocenters. The van der Waals surface area contributed by atoms with Crippen LogP contribution in [-0.4, -0.2) is 11.9 Å². The molecule has 0 fully saturated rings. The van der Waals surface area contributed by atoms with Gasteiger partial charge in [0.1, 0.15) is 0 Å². The molecule has 1 nitrogen and oxygen atoms in total. The minimum atomic E-state index is 0.574. The fourth-order valence-corrected chi connectivity index (χ4v) is 3.17. The summed E-state index contributed by atoms with van der Waals surface area (Å²) in [6.07, 6.45) is 3.83. The molecule has 0 N–H and O–H groups in total. The van der Waals surface area contributed by atoms with Gasteiger partial charge in [-0.15, -0.1) is 0 Å². The fourth-order valence-electron chi connectivity index (χ4n) is 3.17. The second-order valence-electron chi connectivity index (χ2n) is 5.51. The maximum absolute atomic E-state index is 2.49. The number of fused-ring (bicyclic) bond motifs is 1. The molecule has 0 heterocycles. The third-order valence-corrected chi connectivity index (χ3v) is 4.14. The predicted molar refractivity (Wildman–Crippen MR) is 80.0 cm³/mol. The van der Waals surface area contributed by atoms with E-state index in [-0.39, 0.29) is 0 Å². The summed E-state index contributed by atoms with van der Waals surface area (Å²) in [6, 6.07) is 20.3. The zero-order chi connectivity index (χ0) is 13.1. The van der Waals surface area contributed by atoms with Crippen LogP contribution < -0.4 is 0 Å². The highest BCUT2D eigenvalue weighted by atomic mass is 15.1. The molecule has 0 amide bonds. The van der Waals surface area contributed by atoms with Crippen molar-refractivity contribution in [1.82, 2.24) is 4.90 Å². The van der Waals surface area contributed by atoms with E-state index in [2.05, 4.69) is 66.5 Å². The van der Waals surface area contributed by atoms with Gasteiger partial charge < -0.3 is 0 Å². The zero-order valence-corrected chi connectivity index (χ0v) is 11.5. The second kappa shape index (κ2) is 5.58. The van der Waals surface area contributed by atoms with E-state index >= 15 is 0 Å². The molecule has 0 aromatic heterocycles. The van der Waals surface area contributed by atoms with Gasteiger partial charge in [-0.1, -0.05) is 54.6 Å². The Bertz CT molecular complexity index is 532. The third kappa shape index (κ3) is 2.71. The Morgan fingerprint density at radius 2 is 1.74 bits per heavy atom. The Hall–Kier alpha value is -1.60. The van der Waals surface area contributed by atoms with Crippen LogP contribution in [0.4, 0.5) is 0 Å². The number of hydrogen-bond acceptors (Lipinski definition) is 1. The molecule has 0 radical (unpaired) electrons. The van der Waals surface area contributed by atoms with E-state index in [1.165, 1.54) is 30.4 Å². The normalized spacial score (nSPS) is 18.3. The van der Waals surface area contributed by atoms with Crippen LogP contribution in [0.5, 0.6) is 0 Å². The molecule has 0 saturated heterocycles. The van der Waals surface area contributed by atoms with Crippen molar-refractivity contribution >= 4 is 0 Å². The van der Waals surface area contributed by atoms with Gasteiger partial charge in [-0.05, 0) is 43.0 Å². The van der Waals surface area contributed by atoms with Crippen LogP contribution in [0.1, 0.15) is 35.6 Å².